The van der Waals surface area contributed by atoms with Gasteiger partial charge >= 0.3 is 6.03 Å². The maximum Gasteiger partial charge on any atom is 0.325 e. The second kappa shape index (κ2) is 6.79. The van der Waals surface area contributed by atoms with E-state index in [0.717, 1.165) is 17.7 Å². The van der Waals surface area contributed by atoms with Crippen molar-refractivity contribution in [3.8, 4) is 0 Å². The van der Waals surface area contributed by atoms with Crippen molar-refractivity contribution in [3.05, 3.63) is 40.7 Å². The van der Waals surface area contributed by atoms with Crippen LogP contribution in [-0.4, -0.2) is 37.0 Å². The topological polar surface area (TPSA) is 93.0 Å². The maximum absolute atomic E-state index is 12.9. The lowest BCUT2D eigenvalue weighted by Gasteiger charge is -2.23. The van der Waals surface area contributed by atoms with Crippen LogP contribution in [0.2, 0.25) is 5.02 Å². The third kappa shape index (κ3) is 3.09. The molecule has 0 radical (unpaired) electrons. The van der Waals surface area contributed by atoms with Crippen LogP contribution in [0.3, 0.4) is 0 Å². The summed E-state index contributed by atoms with van der Waals surface area (Å²) >= 11 is 6.22. The number of carbonyl (C=O) groups excluding carboxylic acids is 2. The molecule has 1 aliphatic heterocycles. The number of halogens is 1. The molecule has 132 valence electrons. The summed E-state index contributed by atoms with van der Waals surface area (Å²) in [6.45, 7) is 4.37. The van der Waals surface area contributed by atoms with Crippen LogP contribution in [0.4, 0.5) is 4.79 Å². The first-order valence-corrected chi connectivity index (χ1v) is 8.49. The van der Waals surface area contributed by atoms with Crippen molar-refractivity contribution >= 4 is 23.5 Å². The number of unbranched alkanes of at least 4 members (excludes halogenated alkanes) is 1. The molecule has 0 unspecified atom stereocenters. The number of rotatable bonds is 6. The highest BCUT2D eigenvalue weighted by Crippen LogP contribution is 2.33. The van der Waals surface area contributed by atoms with E-state index >= 15 is 0 Å². The molecule has 1 fully saturated rings. The van der Waals surface area contributed by atoms with E-state index in [1.165, 1.54) is 0 Å². The lowest BCUT2D eigenvalue weighted by atomic mass is 9.92. The minimum Gasteiger partial charge on any atom is -0.319 e. The Kier molecular flexibility index (Phi) is 4.71. The highest BCUT2D eigenvalue weighted by atomic mass is 35.5. The summed E-state index contributed by atoms with van der Waals surface area (Å²) in [5, 5.41) is 14.7. The zero-order valence-electron chi connectivity index (χ0n) is 14.1. The van der Waals surface area contributed by atoms with Crippen LogP contribution in [0.5, 0.6) is 0 Å². The van der Waals surface area contributed by atoms with Crippen molar-refractivity contribution in [2.75, 3.05) is 0 Å². The summed E-state index contributed by atoms with van der Waals surface area (Å²) in [5.74, 6) is 0.0935. The molecule has 1 atom stereocenters. The summed E-state index contributed by atoms with van der Waals surface area (Å²) in [6.07, 6.45) is 1.91. The highest BCUT2D eigenvalue weighted by Gasteiger charge is 2.50. The van der Waals surface area contributed by atoms with Crippen LogP contribution in [0.25, 0.3) is 0 Å². The summed E-state index contributed by atoms with van der Waals surface area (Å²) in [7, 11) is 0. The molecule has 3 amide bonds. The summed E-state index contributed by atoms with van der Waals surface area (Å²) < 4.78 is 1.62. The molecule has 1 N–H and O–H groups in total. The third-order valence-electron chi connectivity index (χ3n) is 4.32. The Balaban J connectivity index is 1.85. The van der Waals surface area contributed by atoms with Gasteiger partial charge in [0, 0.05) is 17.1 Å². The Labute approximate surface area is 150 Å². The Morgan fingerprint density at radius 1 is 1.28 bits per heavy atom. The molecule has 8 nitrogen and oxygen atoms in total. The number of nitrogens with one attached hydrogen (secondary N) is 1. The first kappa shape index (κ1) is 17.3. The summed E-state index contributed by atoms with van der Waals surface area (Å²) in [6, 6.07) is 6.48. The van der Waals surface area contributed by atoms with E-state index in [2.05, 4.69) is 27.8 Å². The van der Waals surface area contributed by atoms with Gasteiger partial charge in [-0.3, -0.25) is 9.69 Å². The fourth-order valence-electron chi connectivity index (χ4n) is 2.85. The van der Waals surface area contributed by atoms with E-state index in [1.807, 2.05) is 0 Å². The molecule has 9 heteroatoms. The van der Waals surface area contributed by atoms with Gasteiger partial charge < -0.3 is 5.32 Å². The van der Waals surface area contributed by atoms with E-state index in [9.17, 15) is 9.59 Å². The number of aromatic nitrogens is 4. The zero-order valence-corrected chi connectivity index (χ0v) is 14.8. The van der Waals surface area contributed by atoms with Crippen molar-refractivity contribution in [1.82, 2.24) is 30.4 Å². The average Bonchev–Trinajstić information content (AvgIpc) is 3.12. The number of tetrazole rings is 1. The normalized spacial score (nSPS) is 20.2. The molecule has 2 aromatic rings. The standard InChI is InChI=1S/C16H19ClN6O2/c1-3-4-9-23-13(19-20-21-23)10-22-14(24)16(2,18-15(22)25)11-7-5-6-8-12(11)17/h5-8H,3-4,9-10H2,1-2H3,(H,18,25)/t16-/m0/s1. The molecule has 0 spiro atoms. The predicted octanol–water partition coefficient (Wildman–Crippen LogP) is 2.09. The fraction of sp³-hybridized carbons (Fsp3) is 0.438. The largest absolute Gasteiger partial charge is 0.325 e. The molecule has 1 aromatic heterocycles. The minimum atomic E-state index is -1.21. The van der Waals surface area contributed by atoms with E-state index in [1.54, 1.807) is 35.9 Å². The SMILES string of the molecule is CCCCn1nnnc1CN1C(=O)N[C@@](C)(c2ccccc2Cl)C1=O. The van der Waals surface area contributed by atoms with Crippen LogP contribution < -0.4 is 5.32 Å². The van der Waals surface area contributed by atoms with Crippen molar-refractivity contribution in [2.24, 2.45) is 0 Å². The molecular formula is C16H19ClN6O2. The number of imide groups is 1. The number of benzene rings is 1. The number of hydrogen-bond acceptors (Lipinski definition) is 5. The first-order chi connectivity index (χ1) is 12.0. The lowest BCUT2D eigenvalue weighted by Crippen LogP contribution is -2.41. The van der Waals surface area contributed by atoms with Gasteiger partial charge in [0.1, 0.15) is 5.54 Å². The van der Waals surface area contributed by atoms with Crippen molar-refractivity contribution in [2.45, 2.75) is 45.3 Å². The smallest absolute Gasteiger partial charge is 0.319 e. The van der Waals surface area contributed by atoms with E-state index in [0.29, 0.717) is 23.0 Å². The summed E-state index contributed by atoms with van der Waals surface area (Å²) in [4.78, 5) is 26.5. The fourth-order valence-corrected chi connectivity index (χ4v) is 3.17. The van der Waals surface area contributed by atoms with Crippen LogP contribution in [0.1, 0.15) is 38.1 Å². The molecule has 1 saturated heterocycles. The lowest BCUT2D eigenvalue weighted by molar-refractivity contribution is -0.131. The number of urea groups is 1. The van der Waals surface area contributed by atoms with Crippen LogP contribution in [0, 0.1) is 0 Å². The molecule has 0 bridgehead atoms. The van der Waals surface area contributed by atoms with Gasteiger partial charge in [-0.25, -0.2) is 9.48 Å². The molecule has 0 aliphatic carbocycles. The van der Waals surface area contributed by atoms with Crippen LogP contribution in [-0.2, 0) is 23.4 Å². The quantitative estimate of drug-likeness (QED) is 0.794. The number of nitrogens with zero attached hydrogens (tertiary/aromatic N) is 5. The van der Waals surface area contributed by atoms with Gasteiger partial charge in [-0.2, -0.15) is 0 Å². The van der Waals surface area contributed by atoms with Crippen molar-refractivity contribution < 1.29 is 9.59 Å². The second-order valence-electron chi connectivity index (χ2n) is 6.10. The Hall–Kier alpha value is -2.48. The minimum absolute atomic E-state index is 0.0153. The Morgan fingerprint density at radius 3 is 2.76 bits per heavy atom. The van der Waals surface area contributed by atoms with Gasteiger partial charge in [0.2, 0.25) is 0 Å². The Morgan fingerprint density at radius 2 is 2.04 bits per heavy atom. The van der Waals surface area contributed by atoms with Gasteiger partial charge in [0.05, 0.1) is 6.54 Å². The number of carbonyl (C=O) groups is 2. The van der Waals surface area contributed by atoms with Gasteiger partial charge in [-0.05, 0) is 29.8 Å². The maximum atomic E-state index is 12.9. The van der Waals surface area contributed by atoms with Crippen LogP contribution >= 0.6 is 11.6 Å². The van der Waals surface area contributed by atoms with E-state index < -0.39 is 11.6 Å². The molecule has 1 aromatic carbocycles. The molecule has 3 rings (SSSR count). The van der Waals surface area contributed by atoms with Gasteiger partial charge in [-0.15, -0.1) is 5.10 Å². The number of aryl methyl sites for hydroxylation is 1. The predicted molar refractivity (Wildman–Crippen MR) is 90.6 cm³/mol. The zero-order chi connectivity index (χ0) is 18.0. The summed E-state index contributed by atoms with van der Waals surface area (Å²) in [5.41, 5.74) is -0.653. The molecule has 25 heavy (non-hydrogen) atoms. The molecular weight excluding hydrogens is 344 g/mol. The first-order valence-electron chi connectivity index (χ1n) is 8.11. The average molecular weight is 363 g/mol. The van der Waals surface area contributed by atoms with Crippen molar-refractivity contribution in [3.63, 3.8) is 0 Å². The number of amides is 3. The van der Waals surface area contributed by atoms with Crippen LogP contribution in [0.15, 0.2) is 24.3 Å². The highest BCUT2D eigenvalue weighted by molar-refractivity contribution is 6.32. The van der Waals surface area contributed by atoms with E-state index in [4.69, 9.17) is 11.6 Å². The second-order valence-corrected chi connectivity index (χ2v) is 6.51. The Bertz CT molecular complexity index is 807. The van der Waals surface area contributed by atoms with Gasteiger partial charge in [-0.1, -0.05) is 43.1 Å². The number of hydrogen-bond donors (Lipinski definition) is 1. The third-order valence-corrected chi connectivity index (χ3v) is 4.65. The monoisotopic (exact) mass is 362 g/mol. The molecule has 2 heterocycles. The molecule has 1 aliphatic rings. The van der Waals surface area contributed by atoms with E-state index in [-0.39, 0.29) is 12.5 Å². The van der Waals surface area contributed by atoms with Gasteiger partial charge in [0.25, 0.3) is 5.91 Å². The van der Waals surface area contributed by atoms with Gasteiger partial charge in [0.15, 0.2) is 5.82 Å². The molecule has 0 saturated carbocycles. The van der Waals surface area contributed by atoms with Crippen molar-refractivity contribution in [1.29, 1.82) is 0 Å².